The Kier molecular flexibility index (Phi) is 5.99. The van der Waals surface area contributed by atoms with Crippen molar-refractivity contribution in [1.29, 1.82) is 0 Å². The molecule has 28 heavy (non-hydrogen) atoms. The second-order valence-electron chi connectivity index (χ2n) is 7.43. The summed E-state index contributed by atoms with van der Waals surface area (Å²) in [4.78, 5) is 30.6. The molecule has 3 heterocycles. The summed E-state index contributed by atoms with van der Waals surface area (Å²) in [5.74, 6) is -0.195. The Balaban J connectivity index is 1.48. The van der Waals surface area contributed by atoms with Crippen LogP contribution in [0, 0.1) is 0 Å². The third kappa shape index (κ3) is 4.24. The number of carbonyl (C=O) groups excluding carboxylic acids is 2. The lowest BCUT2D eigenvalue weighted by molar-refractivity contribution is 0.0708. The van der Waals surface area contributed by atoms with Crippen LogP contribution in [-0.2, 0) is 0 Å². The molecule has 0 spiro atoms. The summed E-state index contributed by atoms with van der Waals surface area (Å²) in [5, 5.41) is 5.11. The van der Waals surface area contributed by atoms with E-state index in [1.807, 2.05) is 16.3 Å². The van der Waals surface area contributed by atoms with Crippen molar-refractivity contribution >= 4 is 40.4 Å². The predicted octanol–water partition coefficient (Wildman–Crippen LogP) is 4.35. The molecule has 0 aliphatic carbocycles. The molecular formula is C21H24ClN3O2S. The zero-order valence-corrected chi connectivity index (χ0v) is 17.3. The van der Waals surface area contributed by atoms with Crippen molar-refractivity contribution in [2.75, 3.05) is 31.5 Å². The Morgan fingerprint density at radius 3 is 2.71 bits per heavy atom. The third-order valence-electron chi connectivity index (χ3n) is 5.51. The highest BCUT2D eigenvalue weighted by Crippen LogP contribution is 2.27. The first-order valence-electron chi connectivity index (χ1n) is 9.79. The number of hydrogen-bond acceptors (Lipinski definition) is 4. The number of carbonyl (C=O) groups is 2. The van der Waals surface area contributed by atoms with E-state index >= 15 is 0 Å². The number of nitrogens with one attached hydrogen (secondary N) is 1. The van der Waals surface area contributed by atoms with E-state index in [9.17, 15) is 9.59 Å². The number of halogens is 1. The molecule has 1 N–H and O–H groups in total. The summed E-state index contributed by atoms with van der Waals surface area (Å²) < 4.78 is 0. The Hall–Kier alpha value is -1.89. The van der Waals surface area contributed by atoms with Crippen molar-refractivity contribution in [2.45, 2.75) is 31.7 Å². The molecule has 0 bridgehead atoms. The fourth-order valence-corrected chi connectivity index (χ4v) is 4.85. The van der Waals surface area contributed by atoms with Gasteiger partial charge in [-0.3, -0.25) is 9.59 Å². The van der Waals surface area contributed by atoms with Gasteiger partial charge in [0.15, 0.2) is 0 Å². The molecule has 2 saturated heterocycles. The van der Waals surface area contributed by atoms with Crippen LogP contribution in [0.4, 0.5) is 5.69 Å². The van der Waals surface area contributed by atoms with Crippen molar-refractivity contribution in [1.82, 2.24) is 9.80 Å². The molecule has 2 aliphatic rings. The van der Waals surface area contributed by atoms with Crippen LogP contribution in [0.5, 0.6) is 0 Å². The van der Waals surface area contributed by atoms with Crippen LogP contribution in [0.15, 0.2) is 35.7 Å². The fraction of sp³-hybridized carbons (Fsp3) is 0.429. The van der Waals surface area contributed by atoms with Gasteiger partial charge in [-0.15, -0.1) is 11.3 Å². The second kappa shape index (κ2) is 8.64. The van der Waals surface area contributed by atoms with E-state index in [2.05, 4.69) is 10.2 Å². The molecule has 2 amide bonds. The van der Waals surface area contributed by atoms with Crippen molar-refractivity contribution in [2.24, 2.45) is 0 Å². The zero-order chi connectivity index (χ0) is 19.5. The first-order chi connectivity index (χ1) is 13.6. The maximum absolute atomic E-state index is 13.2. The van der Waals surface area contributed by atoms with Crippen LogP contribution in [-0.4, -0.2) is 53.8 Å². The largest absolute Gasteiger partial charge is 0.334 e. The molecule has 7 heteroatoms. The topological polar surface area (TPSA) is 52.7 Å². The van der Waals surface area contributed by atoms with Gasteiger partial charge in [-0.25, -0.2) is 0 Å². The molecule has 1 unspecified atom stereocenters. The van der Waals surface area contributed by atoms with Gasteiger partial charge in [0.1, 0.15) is 0 Å². The lowest BCUT2D eigenvalue weighted by Crippen LogP contribution is -2.42. The summed E-state index contributed by atoms with van der Waals surface area (Å²) in [7, 11) is 0. The standard InChI is InChI=1S/C21H24ClN3O2S/c22-17-8-7-15(13-18(17)23-20(26)19-6-4-12-28-19)21(27)25-11-3-5-16(25)14-24-9-1-2-10-24/h4,6-8,12-13,16H,1-3,5,9-11,14H2,(H,23,26). The quantitative estimate of drug-likeness (QED) is 0.786. The highest BCUT2D eigenvalue weighted by atomic mass is 35.5. The minimum Gasteiger partial charge on any atom is -0.334 e. The van der Waals surface area contributed by atoms with Crippen LogP contribution < -0.4 is 5.32 Å². The van der Waals surface area contributed by atoms with Crippen molar-refractivity contribution in [3.63, 3.8) is 0 Å². The van der Waals surface area contributed by atoms with E-state index in [1.165, 1.54) is 24.2 Å². The van der Waals surface area contributed by atoms with Crippen molar-refractivity contribution < 1.29 is 9.59 Å². The molecule has 1 aromatic heterocycles. The molecule has 4 rings (SSSR count). The minimum atomic E-state index is -0.213. The first kappa shape index (κ1) is 19.4. The number of nitrogens with zero attached hydrogens (tertiary/aromatic N) is 2. The third-order valence-corrected chi connectivity index (χ3v) is 6.71. The molecule has 2 aromatic rings. The number of hydrogen-bond donors (Lipinski definition) is 1. The van der Waals surface area contributed by atoms with Gasteiger partial charge in [-0.05, 0) is 68.4 Å². The second-order valence-corrected chi connectivity index (χ2v) is 8.78. The van der Waals surface area contributed by atoms with Gasteiger partial charge in [0.2, 0.25) is 0 Å². The Morgan fingerprint density at radius 1 is 1.14 bits per heavy atom. The molecule has 1 aromatic carbocycles. The molecule has 0 saturated carbocycles. The summed E-state index contributed by atoms with van der Waals surface area (Å²) >= 11 is 7.63. The number of benzene rings is 1. The fourth-order valence-electron chi connectivity index (χ4n) is 4.07. The normalized spacial score (nSPS) is 19.9. The lowest BCUT2D eigenvalue weighted by atomic mass is 10.1. The average Bonchev–Trinajstić information content (AvgIpc) is 3.46. The van der Waals surface area contributed by atoms with Gasteiger partial charge in [0.25, 0.3) is 11.8 Å². The Bertz CT molecular complexity index is 849. The molecule has 2 fully saturated rings. The van der Waals surface area contributed by atoms with Crippen molar-refractivity contribution in [3.05, 3.63) is 51.2 Å². The summed E-state index contributed by atoms with van der Waals surface area (Å²) in [6.45, 7) is 4.02. The van der Waals surface area contributed by atoms with Crippen LogP contribution >= 0.6 is 22.9 Å². The summed E-state index contributed by atoms with van der Waals surface area (Å²) in [6.07, 6.45) is 4.61. The van der Waals surface area contributed by atoms with Crippen LogP contribution in [0.3, 0.4) is 0 Å². The minimum absolute atomic E-state index is 0.0185. The van der Waals surface area contributed by atoms with Crippen LogP contribution in [0.1, 0.15) is 45.7 Å². The number of anilines is 1. The van der Waals surface area contributed by atoms with Gasteiger partial charge < -0.3 is 15.1 Å². The van der Waals surface area contributed by atoms with E-state index in [-0.39, 0.29) is 17.9 Å². The lowest BCUT2D eigenvalue weighted by Gasteiger charge is -2.28. The zero-order valence-electron chi connectivity index (χ0n) is 15.7. The molecule has 2 aliphatic heterocycles. The van der Waals surface area contributed by atoms with Crippen LogP contribution in [0.2, 0.25) is 5.02 Å². The van der Waals surface area contributed by atoms with E-state index < -0.39 is 0 Å². The molecular weight excluding hydrogens is 394 g/mol. The van der Waals surface area contributed by atoms with Gasteiger partial charge in [-0.1, -0.05) is 17.7 Å². The maximum atomic E-state index is 13.2. The maximum Gasteiger partial charge on any atom is 0.265 e. The van der Waals surface area contributed by atoms with Gasteiger partial charge in [0, 0.05) is 24.7 Å². The van der Waals surface area contributed by atoms with Crippen LogP contribution in [0.25, 0.3) is 0 Å². The van der Waals surface area contributed by atoms with E-state index in [1.54, 1.807) is 24.3 Å². The Labute approximate surface area is 174 Å². The molecule has 148 valence electrons. The van der Waals surface area contributed by atoms with E-state index in [0.29, 0.717) is 21.2 Å². The predicted molar refractivity (Wildman–Crippen MR) is 113 cm³/mol. The molecule has 1 atom stereocenters. The highest BCUT2D eigenvalue weighted by Gasteiger charge is 2.31. The summed E-state index contributed by atoms with van der Waals surface area (Å²) in [6, 6.07) is 8.98. The van der Waals surface area contributed by atoms with Crippen molar-refractivity contribution in [3.8, 4) is 0 Å². The number of amides is 2. The molecule has 5 nitrogen and oxygen atoms in total. The number of likely N-dealkylation sites (tertiary alicyclic amines) is 2. The monoisotopic (exact) mass is 417 g/mol. The van der Waals surface area contributed by atoms with E-state index in [4.69, 9.17) is 11.6 Å². The SMILES string of the molecule is O=C(Nc1cc(C(=O)N2CCCC2CN2CCCC2)ccc1Cl)c1cccs1. The number of rotatable bonds is 5. The van der Waals surface area contributed by atoms with Gasteiger partial charge >= 0.3 is 0 Å². The smallest absolute Gasteiger partial charge is 0.265 e. The first-order valence-corrected chi connectivity index (χ1v) is 11.1. The van der Waals surface area contributed by atoms with Gasteiger partial charge in [-0.2, -0.15) is 0 Å². The number of thiophene rings is 1. The average molecular weight is 418 g/mol. The molecule has 0 radical (unpaired) electrons. The van der Waals surface area contributed by atoms with E-state index in [0.717, 1.165) is 39.0 Å². The summed E-state index contributed by atoms with van der Waals surface area (Å²) in [5.41, 5.74) is 1.04. The Morgan fingerprint density at radius 2 is 1.96 bits per heavy atom. The van der Waals surface area contributed by atoms with Gasteiger partial charge in [0.05, 0.1) is 15.6 Å². The highest BCUT2D eigenvalue weighted by molar-refractivity contribution is 7.12.